The Kier molecular flexibility index (Phi) is 7.15. The van der Waals surface area contributed by atoms with Crippen molar-refractivity contribution in [2.24, 2.45) is 0 Å². The predicted octanol–water partition coefficient (Wildman–Crippen LogP) is 5.57. The summed E-state index contributed by atoms with van der Waals surface area (Å²) >= 11 is 0. The number of nitro benzene ring substituents is 1. The van der Waals surface area contributed by atoms with Crippen molar-refractivity contribution in [3.8, 4) is 11.1 Å². The second-order valence-corrected chi connectivity index (χ2v) is 9.14. The fourth-order valence-electron chi connectivity index (χ4n) is 3.64. The Labute approximate surface area is 199 Å². The van der Waals surface area contributed by atoms with E-state index in [0.717, 1.165) is 16.7 Å². The van der Waals surface area contributed by atoms with Crippen LogP contribution < -0.4 is 4.90 Å². The van der Waals surface area contributed by atoms with E-state index in [0.29, 0.717) is 16.8 Å². The lowest BCUT2D eigenvalue weighted by molar-refractivity contribution is -0.384. The van der Waals surface area contributed by atoms with E-state index in [1.807, 2.05) is 43.3 Å². The highest BCUT2D eigenvalue weighted by molar-refractivity contribution is 6.38. The molecule has 34 heavy (non-hydrogen) atoms. The zero-order valence-corrected chi connectivity index (χ0v) is 20.0. The van der Waals surface area contributed by atoms with Gasteiger partial charge in [0, 0.05) is 17.8 Å². The number of carbonyl (C=O) groups excluding carboxylic acids is 2. The summed E-state index contributed by atoms with van der Waals surface area (Å²) < 4.78 is 4.71. The molecule has 0 aliphatic heterocycles. The molecule has 1 amide bonds. The summed E-state index contributed by atoms with van der Waals surface area (Å²) in [5.74, 6) is -1.76. The molecule has 0 unspecified atom stereocenters. The predicted molar refractivity (Wildman–Crippen MR) is 132 cm³/mol. The van der Waals surface area contributed by atoms with Crippen molar-refractivity contribution in [2.75, 3.05) is 12.0 Å². The number of nitrogens with zero attached hydrogens (tertiary/aromatic N) is 2. The van der Waals surface area contributed by atoms with Gasteiger partial charge in [0.2, 0.25) is 0 Å². The number of nitro groups is 1. The van der Waals surface area contributed by atoms with Crippen molar-refractivity contribution >= 4 is 23.3 Å². The monoisotopic (exact) mass is 460 g/mol. The van der Waals surface area contributed by atoms with Gasteiger partial charge in [-0.05, 0) is 46.2 Å². The molecule has 0 aromatic heterocycles. The molecule has 0 atom stereocenters. The Morgan fingerprint density at radius 3 is 2.21 bits per heavy atom. The minimum Gasteiger partial charge on any atom is -0.462 e. The maximum Gasteiger partial charge on any atom is 0.397 e. The van der Waals surface area contributed by atoms with Gasteiger partial charge >= 0.3 is 11.9 Å². The third-order valence-corrected chi connectivity index (χ3v) is 5.66. The first-order valence-corrected chi connectivity index (χ1v) is 10.9. The summed E-state index contributed by atoms with van der Waals surface area (Å²) in [5, 5.41) is 11.2. The summed E-state index contributed by atoms with van der Waals surface area (Å²) in [5.41, 5.74) is 4.60. The van der Waals surface area contributed by atoms with Crippen molar-refractivity contribution in [1.82, 2.24) is 0 Å². The average Bonchev–Trinajstić information content (AvgIpc) is 2.82. The number of methoxy groups -OCH3 is 1. The van der Waals surface area contributed by atoms with E-state index in [1.54, 1.807) is 18.2 Å². The second-order valence-electron chi connectivity index (χ2n) is 9.14. The van der Waals surface area contributed by atoms with Crippen LogP contribution in [-0.2, 0) is 26.3 Å². The topological polar surface area (TPSA) is 89.8 Å². The highest BCUT2D eigenvalue weighted by atomic mass is 16.6. The lowest BCUT2D eigenvalue weighted by Crippen LogP contribution is -2.37. The van der Waals surface area contributed by atoms with Crippen LogP contribution in [0.2, 0.25) is 0 Å². The summed E-state index contributed by atoms with van der Waals surface area (Å²) in [7, 11) is 1.17. The van der Waals surface area contributed by atoms with Gasteiger partial charge in [-0.25, -0.2) is 4.79 Å². The molecule has 0 bridgehead atoms. The summed E-state index contributed by atoms with van der Waals surface area (Å²) in [6.45, 7) is 8.37. The SMILES string of the molecule is COC(=O)C(=O)N(Cc1ccc(C(C)(C)C)cc1)c1cc(-c2cccc([N+](=O)[O-])c2)ccc1C. The number of anilines is 1. The van der Waals surface area contributed by atoms with Gasteiger partial charge in [-0.2, -0.15) is 0 Å². The van der Waals surface area contributed by atoms with Crippen LogP contribution in [0.25, 0.3) is 11.1 Å². The molecule has 0 radical (unpaired) electrons. The van der Waals surface area contributed by atoms with Gasteiger partial charge in [-0.15, -0.1) is 0 Å². The van der Waals surface area contributed by atoms with Gasteiger partial charge in [-0.1, -0.05) is 69.3 Å². The van der Waals surface area contributed by atoms with Gasteiger partial charge in [0.25, 0.3) is 5.69 Å². The number of esters is 1. The molecule has 3 rings (SSSR count). The first kappa shape index (κ1) is 24.6. The molecular formula is C27H28N2O5. The Balaban J connectivity index is 2.05. The van der Waals surface area contributed by atoms with E-state index in [9.17, 15) is 19.7 Å². The number of amides is 1. The number of rotatable bonds is 5. The standard InChI is InChI=1S/C27H28N2O5/c1-18-9-12-21(20-7-6-8-23(15-20)29(32)33)16-24(18)28(25(30)26(31)34-5)17-19-10-13-22(14-11-19)27(2,3)4/h6-16H,17H2,1-5H3. The normalized spacial score (nSPS) is 11.1. The Hall–Kier alpha value is -4.00. The number of carbonyl (C=O) groups is 2. The molecule has 3 aromatic carbocycles. The molecule has 0 aliphatic rings. The second kappa shape index (κ2) is 9.87. The molecule has 0 saturated heterocycles. The number of hydrogen-bond acceptors (Lipinski definition) is 5. The van der Waals surface area contributed by atoms with Crippen LogP contribution in [0.3, 0.4) is 0 Å². The number of benzene rings is 3. The Morgan fingerprint density at radius 2 is 1.62 bits per heavy atom. The summed E-state index contributed by atoms with van der Waals surface area (Å²) in [6.07, 6.45) is 0. The molecule has 176 valence electrons. The number of non-ortho nitro benzene ring substituents is 1. The summed E-state index contributed by atoms with van der Waals surface area (Å²) in [4.78, 5) is 37.3. The highest BCUT2D eigenvalue weighted by Gasteiger charge is 2.26. The average molecular weight is 461 g/mol. The molecule has 0 spiro atoms. The van der Waals surface area contributed by atoms with Gasteiger partial charge in [0.15, 0.2) is 0 Å². The van der Waals surface area contributed by atoms with E-state index in [1.165, 1.54) is 24.1 Å². The molecule has 0 N–H and O–H groups in total. The van der Waals surface area contributed by atoms with Crippen LogP contribution in [0.5, 0.6) is 0 Å². The third-order valence-electron chi connectivity index (χ3n) is 5.66. The maximum absolute atomic E-state index is 13.0. The number of ether oxygens (including phenoxy) is 1. The zero-order valence-electron chi connectivity index (χ0n) is 20.0. The van der Waals surface area contributed by atoms with Crippen LogP contribution in [0, 0.1) is 17.0 Å². The first-order chi connectivity index (χ1) is 16.0. The smallest absolute Gasteiger partial charge is 0.397 e. The Morgan fingerprint density at radius 1 is 0.971 bits per heavy atom. The van der Waals surface area contributed by atoms with E-state index in [2.05, 4.69) is 20.8 Å². The largest absolute Gasteiger partial charge is 0.462 e. The fraction of sp³-hybridized carbons (Fsp3) is 0.259. The van der Waals surface area contributed by atoms with Gasteiger partial charge < -0.3 is 4.74 Å². The lowest BCUT2D eigenvalue weighted by atomic mass is 9.87. The number of hydrogen-bond donors (Lipinski definition) is 0. The van der Waals surface area contributed by atoms with Crippen LogP contribution >= 0.6 is 0 Å². The minimum absolute atomic E-state index is 0.0106. The molecular weight excluding hydrogens is 432 g/mol. The molecule has 7 heteroatoms. The van der Waals surface area contributed by atoms with Crippen LogP contribution in [0.1, 0.15) is 37.5 Å². The molecule has 3 aromatic rings. The Bertz CT molecular complexity index is 1230. The molecule has 0 saturated carbocycles. The molecule has 0 aliphatic carbocycles. The molecule has 7 nitrogen and oxygen atoms in total. The van der Waals surface area contributed by atoms with Crippen LogP contribution in [-0.4, -0.2) is 23.9 Å². The lowest BCUT2D eigenvalue weighted by Gasteiger charge is -2.25. The molecule has 0 fully saturated rings. The van der Waals surface area contributed by atoms with E-state index in [4.69, 9.17) is 4.74 Å². The van der Waals surface area contributed by atoms with Gasteiger partial charge in [-0.3, -0.25) is 19.8 Å². The van der Waals surface area contributed by atoms with Crippen LogP contribution in [0.15, 0.2) is 66.7 Å². The van der Waals surface area contributed by atoms with Crippen molar-refractivity contribution in [3.63, 3.8) is 0 Å². The third kappa shape index (κ3) is 5.49. The van der Waals surface area contributed by atoms with Gasteiger partial charge in [0.05, 0.1) is 18.6 Å². The van der Waals surface area contributed by atoms with Crippen molar-refractivity contribution in [1.29, 1.82) is 0 Å². The summed E-state index contributed by atoms with van der Waals surface area (Å²) in [6, 6.07) is 19.6. The first-order valence-electron chi connectivity index (χ1n) is 10.9. The van der Waals surface area contributed by atoms with E-state index >= 15 is 0 Å². The van der Waals surface area contributed by atoms with Crippen molar-refractivity contribution in [2.45, 2.75) is 39.7 Å². The number of aryl methyl sites for hydroxylation is 1. The van der Waals surface area contributed by atoms with Gasteiger partial charge in [0.1, 0.15) is 0 Å². The van der Waals surface area contributed by atoms with Crippen LogP contribution in [0.4, 0.5) is 11.4 Å². The van der Waals surface area contributed by atoms with E-state index < -0.39 is 16.8 Å². The minimum atomic E-state index is -0.966. The zero-order chi connectivity index (χ0) is 25.0. The highest BCUT2D eigenvalue weighted by Crippen LogP contribution is 2.31. The van der Waals surface area contributed by atoms with Crippen molar-refractivity contribution in [3.05, 3.63) is 93.5 Å². The maximum atomic E-state index is 13.0. The fourth-order valence-corrected chi connectivity index (χ4v) is 3.64. The molecule has 0 heterocycles. The quantitative estimate of drug-likeness (QED) is 0.215. The van der Waals surface area contributed by atoms with E-state index in [-0.39, 0.29) is 17.6 Å². The van der Waals surface area contributed by atoms with Crippen molar-refractivity contribution < 1.29 is 19.2 Å².